The molecular weight excluding hydrogens is 207 g/mol. The minimum absolute atomic E-state index is 0.258. The second-order valence-corrected chi connectivity index (χ2v) is 3.38. The Bertz CT molecular complexity index is 519. The van der Waals surface area contributed by atoms with Gasteiger partial charge in [-0.05, 0) is 19.1 Å². The van der Waals surface area contributed by atoms with Crippen molar-refractivity contribution in [2.45, 2.75) is 13.5 Å². The molecular formula is C12H11FN2O. The first kappa shape index (κ1) is 10.5. The number of benzene rings is 1. The molecule has 4 heteroatoms. The molecule has 1 heterocycles. The van der Waals surface area contributed by atoms with Gasteiger partial charge in [-0.1, -0.05) is 12.1 Å². The van der Waals surface area contributed by atoms with E-state index < -0.39 is 5.82 Å². The van der Waals surface area contributed by atoms with Crippen LogP contribution in [0.5, 0.6) is 0 Å². The van der Waals surface area contributed by atoms with Crippen molar-refractivity contribution in [3.05, 3.63) is 53.9 Å². The average Bonchev–Trinajstić information content (AvgIpc) is 2.76. The monoisotopic (exact) mass is 218 g/mol. The van der Waals surface area contributed by atoms with Gasteiger partial charge in [-0.15, -0.1) is 0 Å². The Balaban J connectivity index is 2.39. The van der Waals surface area contributed by atoms with Crippen LogP contribution in [0, 0.1) is 5.82 Å². The number of rotatable bonds is 3. The molecule has 0 radical (unpaired) electrons. The zero-order valence-electron chi connectivity index (χ0n) is 8.85. The van der Waals surface area contributed by atoms with E-state index in [2.05, 4.69) is 4.98 Å². The van der Waals surface area contributed by atoms with Gasteiger partial charge >= 0.3 is 0 Å². The lowest BCUT2D eigenvalue weighted by molar-refractivity contribution is 0.102. The Hall–Kier alpha value is -1.97. The van der Waals surface area contributed by atoms with Gasteiger partial charge in [0.2, 0.25) is 5.78 Å². The van der Waals surface area contributed by atoms with E-state index in [4.69, 9.17) is 0 Å². The van der Waals surface area contributed by atoms with Crippen molar-refractivity contribution in [2.75, 3.05) is 0 Å². The summed E-state index contributed by atoms with van der Waals surface area (Å²) in [4.78, 5) is 16.0. The van der Waals surface area contributed by atoms with Gasteiger partial charge in [-0.25, -0.2) is 9.37 Å². The number of nitrogens with zero attached hydrogens (tertiary/aromatic N) is 2. The normalized spacial score (nSPS) is 10.4. The molecule has 0 fully saturated rings. The maximum atomic E-state index is 13.0. The van der Waals surface area contributed by atoms with E-state index in [0.29, 0.717) is 17.9 Å². The fourth-order valence-corrected chi connectivity index (χ4v) is 1.53. The first-order chi connectivity index (χ1) is 7.72. The van der Waals surface area contributed by atoms with Crippen LogP contribution in [0.25, 0.3) is 0 Å². The predicted octanol–water partition coefficient (Wildman–Crippen LogP) is 2.27. The summed E-state index contributed by atoms with van der Waals surface area (Å²) in [7, 11) is 0. The Morgan fingerprint density at radius 3 is 3.00 bits per heavy atom. The predicted molar refractivity (Wildman–Crippen MR) is 57.7 cm³/mol. The summed E-state index contributed by atoms with van der Waals surface area (Å²) in [5, 5.41) is 0. The van der Waals surface area contributed by atoms with Gasteiger partial charge in [-0.3, -0.25) is 4.79 Å². The van der Waals surface area contributed by atoms with Crippen LogP contribution in [0.1, 0.15) is 23.1 Å². The zero-order valence-corrected chi connectivity index (χ0v) is 8.85. The summed E-state index contributed by atoms with van der Waals surface area (Å²) in [5.74, 6) is -0.333. The number of carbonyl (C=O) groups is 1. The molecule has 0 atom stereocenters. The second kappa shape index (κ2) is 4.26. The maximum absolute atomic E-state index is 13.0. The molecule has 0 amide bonds. The molecule has 3 nitrogen and oxygen atoms in total. The van der Waals surface area contributed by atoms with Crippen molar-refractivity contribution in [1.29, 1.82) is 0 Å². The molecule has 2 rings (SSSR count). The standard InChI is InChI=1S/C12H11FN2O/c1-2-15-7-6-14-12(15)11(16)9-4-3-5-10(13)8-9/h3-8H,2H2,1H3. The van der Waals surface area contributed by atoms with E-state index in [1.54, 1.807) is 23.0 Å². The third-order valence-electron chi connectivity index (χ3n) is 2.35. The van der Waals surface area contributed by atoms with E-state index >= 15 is 0 Å². The van der Waals surface area contributed by atoms with E-state index in [1.807, 2.05) is 6.92 Å². The number of hydrogen-bond donors (Lipinski definition) is 0. The summed E-state index contributed by atoms with van der Waals surface area (Å²) in [6.07, 6.45) is 3.29. The fourth-order valence-electron chi connectivity index (χ4n) is 1.53. The van der Waals surface area contributed by atoms with Gasteiger partial charge in [-0.2, -0.15) is 0 Å². The molecule has 0 bridgehead atoms. The van der Waals surface area contributed by atoms with E-state index in [9.17, 15) is 9.18 Å². The lowest BCUT2D eigenvalue weighted by Crippen LogP contribution is -2.10. The molecule has 1 aromatic heterocycles. The summed E-state index contributed by atoms with van der Waals surface area (Å²) in [6, 6.07) is 5.63. The third kappa shape index (κ3) is 1.86. The van der Waals surface area contributed by atoms with Gasteiger partial charge in [0, 0.05) is 24.5 Å². The van der Waals surface area contributed by atoms with E-state index in [1.165, 1.54) is 18.2 Å². The Morgan fingerprint density at radius 2 is 2.31 bits per heavy atom. The molecule has 0 saturated carbocycles. The van der Waals surface area contributed by atoms with Gasteiger partial charge in [0.15, 0.2) is 5.82 Å². The Kier molecular flexibility index (Phi) is 2.81. The Morgan fingerprint density at radius 1 is 1.50 bits per heavy atom. The largest absolute Gasteiger partial charge is 0.328 e. The molecule has 16 heavy (non-hydrogen) atoms. The Labute approximate surface area is 92.5 Å². The van der Waals surface area contributed by atoms with Gasteiger partial charge in [0.05, 0.1) is 0 Å². The molecule has 0 aliphatic heterocycles. The van der Waals surface area contributed by atoms with Crippen LogP contribution in [0.15, 0.2) is 36.7 Å². The zero-order chi connectivity index (χ0) is 11.5. The molecule has 82 valence electrons. The third-order valence-corrected chi connectivity index (χ3v) is 2.35. The summed E-state index contributed by atoms with van der Waals surface area (Å²) in [6.45, 7) is 2.58. The number of hydrogen-bond acceptors (Lipinski definition) is 2. The quantitative estimate of drug-likeness (QED) is 0.741. The number of ketones is 1. The fraction of sp³-hybridized carbons (Fsp3) is 0.167. The van der Waals surface area contributed by atoms with Crippen molar-refractivity contribution < 1.29 is 9.18 Å². The van der Waals surface area contributed by atoms with Crippen molar-refractivity contribution in [1.82, 2.24) is 9.55 Å². The number of aromatic nitrogens is 2. The van der Waals surface area contributed by atoms with Crippen molar-refractivity contribution >= 4 is 5.78 Å². The van der Waals surface area contributed by atoms with Crippen LogP contribution in [0.4, 0.5) is 4.39 Å². The van der Waals surface area contributed by atoms with Crippen LogP contribution in [-0.4, -0.2) is 15.3 Å². The highest BCUT2D eigenvalue weighted by molar-refractivity contribution is 6.06. The topological polar surface area (TPSA) is 34.9 Å². The molecule has 0 N–H and O–H groups in total. The minimum atomic E-state index is -0.416. The average molecular weight is 218 g/mol. The first-order valence-electron chi connectivity index (χ1n) is 5.03. The SMILES string of the molecule is CCn1ccnc1C(=O)c1cccc(F)c1. The number of aryl methyl sites for hydroxylation is 1. The maximum Gasteiger partial charge on any atom is 0.228 e. The first-order valence-corrected chi connectivity index (χ1v) is 5.03. The summed E-state index contributed by atoms with van der Waals surface area (Å²) < 4.78 is 14.7. The smallest absolute Gasteiger partial charge is 0.228 e. The lowest BCUT2D eigenvalue weighted by atomic mass is 10.1. The molecule has 0 spiro atoms. The van der Waals surface area contributed by atoms with Crippen LogP contribution in [-0.2, 0) is 6.54 Å². The highest BCUT2D eigenvalue weighted by Crippen LogP contribution is 2.10. The second-order valence-electron chi connectivity index (χ2n) is 3.38. The lowest BCUT2D eigenvalue weighted by Gasteiger charge is -2.03. The molecule has 2 aromatic rings. The van der Waals surface area contributed by atoms with Crippen LogP contribution < -0.4 is 0 Å². The number of imidazole rings is 1. The van der Waals surface area contributed by atoms with Gasteiger partial charge < -0.3 is 4.57 Å². The highest BCUT2D eigenvalue weighted by atomic mass is 19.1. The number of carbonyl (C=O) groups excluding carboxylic acids is 1. The van der Waals surface area contributed by atoms with E-state index in [0.717, 1.165) is 0 Å². The van der Waals surface area contributed by atoms with E-state index in [-0.39, 0.29) is 5.78 Å². The van der Waals surface area contributed by atoms with Crippen molar-refractivity contribution in [3.63, 3.8) is 0 Å². The van der Waals surface area contributed by atoms with Gasteiger partial charge in [0.1, 0.15) is 5.82 Å². The molecule has 0 aliphatic carbocycles. The molecule has 0 aliphatic rings. The van der Waals surface area contributed by atoms with Crippen molar-refractivity contribution in [2.24, 2.45) is 0 Å². The van der Waals surface area contributed by atoms with Crippen LogP contribution >= 0.6 is 0 Å². The minimum Gasteiger partial charge on any atom is -0.328 e. The summed E-state index contributed by atoms with van der Waals surface area (Å²) >= 11 is 0. The summed E-state index contributed by atoms with van der Waals surface area (Å²) in [5.41, 5.74) is 0.320. The highest BCUT2D eigenvalue weighted by Gasteiger charge is 2.14. The van der Waals surface area contributed by atoms with Gasteiger partial charge in [0.25, 0.3) is 0 Å². The molecule has 0 saturated heterocycles. The molecule has 0 unspecified atom stereocenters. The van der Waals surface area contributed by atoms with Crippen LogP contribution in [0.2, 0.25) is 0 Å². The number of halogens is 1. The van der Waals surface area contributed by atoms with Crippen molar-refractivity contribution in [3.8, 4) is 0 Å². The molecule has 1 aromatic carbocycles. The van der Waals surface area contributed by atoms with Crippen LogP contribution in [0.3, 0.4) is 0 Å².